The molecule has 3 aliphatic carbocycles. The van der Waals surface area contributed by atoms with Crippen LogP contribution in [0.1, 0.15) is 27.2 Å². The van der Waals surface area contributed by atoms with Gasteiger partial charge in [0.25, 0.3) is 0 Å². The van der Waals surface area contributed by atoms with Crippen molar-refractivity contribution in [1.82, 2.24) is 0 Å². The molecule has 2 bridgehead atoms. The van der Waals surface area contributed by atoms with Gasteiger partial charge in [0.1, 0.15) is 0 Å². The maximum atomic E-state index is 9.89. The summed E-state index contributed by atoms with van der Waals surface area (Å²) in [6.45, 7) is 6.43. The molecular formula is C10H17NO2. The molecule has 0 aromatic heterocycles. The van der Waals surface area contributed by atoms with Crippen molar-refractivity contribution < 1.29 is 10.3 Å². The van der Waals surface area contributed by atoms with E-state index in [1.807, 2.05) is 6.92 Å². The van der Waals surface area contributed by atoms with E-state index in [2.05, 4.69) is 19.0 Å². The first-order valence-corrected chi connectivity index (χ1v) is 4.90. The van der Waals surface area contributed by atoms with E-state index in [9.17, 15) is 5.11 Å². The fraction of sp³-hybridized carbons (Fsp3) is 0.900. The van der Waals surface area contributed by atoms with Crippen LogP contribution in [0.3, 0.4) is 0 Å². The molecule has 4 unspecified atom stereocenters. The molecular weight excluding hydrogens is 166 g/mol. The maximum absolute atomic E-state index is 9.89. The summed E-state index contributed by atoms with van der Waals surface area (Å²) in [4.78, 5) is 0. The molecule has 0 radical (unpaired) electrons. The zero-order valence-corrected chi connectivity index (χ0v) is 8.36. The highest BCUT2D eigenvalue weighted by atomic mass is 16.4. The van der Waals surface area contributed by atoms with E-state index < -0.39 is 6.10 Å². The van der Waals surface area contributed by atoms with E-state index in [1.54, 1.807) is 0 Å². The van der Waals surface area contributed by atoms with Crippen LogP contribution in [0.4, 0.5) is 0 Å². The van der Waals surface area contributed by atoms with Gasteiger partial charge in [-0.1, -0.05) is 25.9 Å². The Morgan fingerprint density at radius 3 is 2.38 bits per heavy atom. The smallest absolute Gasteiger partial charge is 0.0990 e. The summed E-state index contributed by atoms with van der Waals surface area (Å²) >= 11 is 0. The van der Waals surface area contributed by atoms with Crippen molar-refractivity contribution in [3.8, 4) is 0 Å². The van der Waals surface area contributed by atoms with Gasteiger partial charge < -0.3 is 10.3 Å². The lowest BCUT2D eigenvalue weighted by Gasteiger charge is -2.61. The van der Waals surface area contributed by atoms with Crippen LogP contribution in [0.25, 0.3) is 0 Å². The lowest BCUT2D eigenvalue weighted by molar-refractivity contribution is -0.110. The predicted octanol–water partition coefficient (Wildman–Crippen LogP) is 1.49. The molecule has 3 aliphatic rings. The molecule has 4 atom stereocenters. The molecule has 13 heavy (non-hydrogen) atoms. The number of rotatable bonds is 0. The standard InChI is InChI=1S/C10H17NO2/c1-5-6-4-7(10(6,2)3)9(12)8(5)11-13/h5-7,9,12-13H,4H2,1-3H3/b11-8-. The van der Waals surface area contributed by atoms with E-state index in [0.29, 0.717) is 17.5 Å². The van der Waals surface area contributed by atoms with Crippen LogP contribution in [0.5, 0.6) is 0 Å². The molecule has 0 aromatic carbocycles. The summed E-state index contributed by atoms with van der Waals surface area (Å²) in [5.74, 6) is 1.09. The van der Waals surface area contributed by atoms with Crippen molar-refractivity contribution in [3.05, 3.63) is 0 Å². The first-order valence-electron chi connectivity index (χ1n) is 4.90. The predicted molar refractivity (Wildman–Crippen MR) is 49.8 cm³/mol. The van der Waals surface area contributed by atoms with Gasteiger partial charge >= 0.3 is 0 Å². The molecule has 3 nitrogen and oxygen atoms in total. The number of aliphatic hydroxyl groups excluding tert-OH is 1. The van der Waals surface area contributed by atoms with Crippen LogP contribution in [-0.2, 0) is 0 Å². The molecule has 0 spiro atoms. The third-order valence-electron chi connectivity index (χ3n) is 4.29. The van der Waals surface area contributed by atoms with Crippen LogP contribution >= 0.6 is 0 Å². The average Bonchev–Trinajstić information content (AvgIpc) is 2.02. The Morgan fingerprint density at radius 1 is 1.38 bits per heavy atom. The monoisotopic (exact) mass is 183 g/mol. The summed E-state index contributed by atoms with van der Waals surface area (Å²) in [5.41, 5.74) is 0.799. The first-order chi connectivity index (χ1) is 6.00. The number of aliphatic hydroxyl groups is 1. The van der Waals surface area contributed by atoms with Crippen LogP contribution in [-0.4, -0.2) is 22.1 Å². The van der Waals surface area contributed by atoms with Crippen molar-refractivity contribution in [2.45, 2.75) is 33.3 Å². The van der Waals surface area contributed by atoms with Crippen molar-refractivity contribution in [1.29, 1.82) is 0 Å². The summed E-state index contributed by atoms with van der Waals surface area (Å²) < 4.78 is 0. The largest absolute Gasteiger partial charge is 0.411 e. The quantitative estimate of drug-likeness (QED) is 0.441. The van der Waals surface area contributed by atoms with E-state index in [4.69, 9.17) is 5.21 Å². The topological polar surface area (TPSA) is 52.8 Å². The average molecular weight is 183 g/mol. The summed E-state index contributed by atoms with van der Waals surface area (Å²) in [6, 6.07) is 0. The Bertz CT molecular complexity index is 240. The summed E-state index contributed by atoms with van der Waals surface area (Å²) in [7, 11) is 0. The van der Waals surface area contributed by atoms with Gasteiger partial charge in [0, 0.05) is 5.92 Å². The Morgan fingerprint density at radius 2 is 2.00 bits per heavy atom. The Hall–Kier alpha value is -0.570. The highest BCUT2D eigenvalue weighted by molar-refractivity contribution is 5.92. The molecule has 0 heterocycles. The van der Waals surface area contributed by atoms with Crippen molar-refractivity contribution in [3.63, 3.8) is 0 Å². The fourth-order valence-corrected chi connectivity index (χ4v) is 3.21. The van der Waals surface area contributed by atoms with Crippen molar-refractivity contribution in [2.75, 3.05) is 0 Å². The summed E-state index contributed by atoms with van der Waals surface area (Å²) in [5, 5.41) is 21.9. The van der Waals surface area contributed by atoms with Gasteiger partial charge in [0.15, 0.2) is 0 Å². The zero-order valence-electron chi connectivity index (χ0n) is 8.36. The highest BCUT2D eigenvalue weighted by Gasteiger charge is 2.59. The van der Waals surface area contributed by atoms with E-state index >= 15 is 0 Å². The molecule has 3 fully saturated rings. The van der Waals surface area contributed by atoms with E-state index in [0.717, 1.165) is 6.42 Å². The number of fused-ring (bicyclic) bond motifs is 2. The molecule has 0 amide bonds. The SMILES string of the molecule is CC1/C(=N/O)C(O)C2CC1C2(C)C. The maximum Gasteiger partial charge on any atom is 0.0990 e. The molecule has 3 heteroatoms. The van der Waals surface area contributed by atoms with Gasteiger partial charge in [-0.05, 0) is 23.7 Å². The molecule has 3 saturated carbocycles. The second-order valence-corrected chi connectivity index (χ2v) is 5.03. The van der Waals surface area contributed by atoms with Gasteiger partial charge in [0.2, 0.25) is 0 Å². The minimum atomic E-state index is -0.528. The minimum Gasteiger partial charge on any atom is -0.411 e. The Labute approximate surface area is 78.4 Å². The number of hydrogen-bond donors (Lipinski definition) is 2. The van der Waals surface area contributed by atoms with Crippen LogP contribution in [0.15, 0.2) is 5.16 Å². The Kier molecular flexibility index (Phi) is 1.71. The lowest BCUT2D eigenvalue weighted by atomic mass is 9.44. The normalized spacial score (nSPS) is 50.3. The molecule has 0 aliphatic heterocycles. The third kappa shape index (κ3) is 0.909. The van der Waals surface area contributed by atoms with Gasteiger partial charge in [-0.3, -0.25) is 0 Å². The van der Waals surface area contributed by atoms with Crippen molar-refractivity contribution >= 4 is 5.71 Å². The van der Waals surface area contributed by atoms with Gasteiger partial charge in [-0.25, -0.2) is 0 Å². The fourth-order valence-electron chi connectivity index (χ4n) is 3.21. The van der Waals surface area contributed by atoms with Crippen LogP contribution in [0.2, 0.25) is 0 Å². The molecule has 3 rings (SSSR count). The highest BCUT2D eigenvalue weighted by Crippen LogP contribution is 2.60. The second kappa shape index (κ2) is 2.47. The number of oxime groups is 1. The third-order valence-corrected chi connectivity index (χ3v) is 4.29. The van der Waals surface area contributed by atoms with Gasteiger partial charge in [-0.15, -0.1) is 0 Å². The second-order valence-electron chi connectivity index (χ2n) is 5.03. The summed E-state index contributed by atoms with van der Waals surface area (Å²) in [6.07, 6.45) is 0.550. The molecule has 2 N–H and O–H groups in total. The number of hydrogen-bond acceptors (Lipinski definition) is 3. The Balaban J connectivity index is 2.31. The van der Waals surface area contributed by atoms with Gasteiger partial charge in [-0.2, -0.15) is 0 Å². The van der Waals surface area contributed by atoms with Crippen LogP contribution < -0.4 is 0 Å². The van der Waals surface area contributed by atoms with Gasteiger partial charge in [0.05, 0.1) is 11.8 Å². The zero-order chi connectivity index (χ0) is 9.80. The lowest BCUT2D eigenvalue weighted by Crippen LogP contribution is -2.62. The number of nitrogens with zero attached hydrogens (tertiary/aromatic N) is 1. The molecule has 0 aromatic rings. The van der Waals surface area contributed by atoms with Crippen LogP contribution in [0, 0.1) is 23.2 Å². The minimum absolute atomic E-state index is 0.215. The van der Waals surface area contributed by atoms with Crippen molar-refractivity contribution in [2.24, 2.45) is 28.3 Å². The molecule has 0 saturated heterocycles. The first kappa shape index (κ1) is 9.00. The molecule has 74 valence electrons. The van der Waals surface area contributed by atoms with E-state index in [1.165, 1.54) is 0 Å². The van der Waals surface area contributed by atoms with E-state index in [-0.39, 0.29) is 11.3 Å².